The van der Waals surface area contributed by atoms with Crippen LogP contribution in [0.25, 0.3) is 0 Å². The number of likely N-dealkylation sites (N-methyl/N-ethyl adjacent to an activating group) is 1. The van der Waals surface area contributed by atoms with Crippen LogP contribution in [-0.2, 0) is 4.79 Å². The van der Waals surface area contributed by atoms with E-state index in [0.29, 0.717) is 6.04 Å². The molecule has 1 aliphatic carbocycles. The largest absolute Gasteiger partial charge is 0.341 e. The summed E-state index contributed by atoms with van der Waals surface area (Å²) >= 11 is 0. The molecule has 1 fully saturated rings. The maximum atomic E-state index is 12.0. The predicted molar refractivity (Wildman–Crippen MR) is 63.9 cm³/mol. The van der Waals surface area contributed by atoms with Gasteiger partial charge >= 0.3 is 0 Å². The van der Waals surface area contributed by atoms with E-state index < -0.39 is 6.04 Å². The quantitative estimate of drug-likeness (QED) is 0.838. The van der Waals surface area contributed by atoms with Crippen molar-refractivity contribution in [1.29, 1.82) is 0 Å². The van der Waals surface area contributed by atoms with Gasteiger partial charge in [0.15, 0.2) is 0 Å². The van der Waals surface area contributed by atoms with Gasteiger partial charge in [0, 0.05) is 13.1 Å². The van der Waals surface area contributed by atoms with Crippen LogP contribution in [0.4, 0.5) is 0 Å². The number of carbonyl (C=O) groups is 1. The van der Waals surface area contributed by atoms with Crippen LogP contribution in [-0.4, -0.2) is 23.9 Å². The van der Waals surface area contributed by atoms with Crippen LogP contribution in [0.1, 0.15) is 30.0 Å². The van der Waals surface area contributed by atoms with Crippen molar-refractivity contribution in [2.45, 2.75) is 31.8 Å². The number of aryl methyl sites for hydroxylation is 1. The molecule has 0 aromatic heterocycles. The Hall–Kier alpha value is -1.35. The topological polar surface area (TPSA) is 46.3 Å². The van der Waals surface area contributed by atoms with Crippen molar-refractivity contribution in [2.24, 2.45) is 5.73 Å². The van der Waals surface area contributed by atoms with E-state index in [-0.39, 0.29) is 5.91 Å². The lowest BCUT2D eigenvalue weighted by atomic mass is 10.0. The molecule has 16 heavy (non-hydrogen) atoms. The molecule has 2 N–H and O–H groups in total. The van der Waals surface area contributed by atoms with Gasteiger partial charge in [-0.1, -0.05) is 29.8 Å². The number of benzene rings is 1. The Kier molecular flexibility index (Phi) is 2.97. The second kappa shape index (κ2) is 4.26. The minimum atomic E-state index is -0.522. The maximum absolute atomic E-state index is 12.0. The van der Waals surface area contributed by atoms with E-state index in [1.165, 1.54) is 5.56 Å². The highest BCUT2D eigenvalue weighted by Gasteiger charge is 2.32. The second-order valence-electron chi connectivity index (χ2n) is 4.57. The highest BCUT2D eigenvalue weighted by molar-refractivity contribution is 5.83. The van der Waals surface area contributed by atoms with E-state index in [1.807, 2.05) is 38.2 Å². The van der Waals surface area contributed by atoms with Crippen LogP contribution < -0.4 is 5.73 Å². The molecule has 86 valence electrons. The summed E-state index contributed by atoms with van der Waals surface area (Å²) in [5.74, 6) is 0.0198. The summed E-state index contributed by atoms with van der Waals surface area (Å²) in [5.41, 5.74) is 8.04. The van der Waals surface area contributed by atoms with Gasteiger partial charge in [-0.05, 0) is 25.3 Å². The summed E-state index contributed by atoms with van der Waals surface area (Å²) < 4.78 is 0. The lowest BCUT2D eigenvalue weighted by Crippen LogP contribution is -2.37. The summed E-state index contributed by atoms with van der Waals surface area (Å²) in [6.45, 7) is 2.02. The molecule has 3 heteroatoms. The first-order valence-corrected chi connectivity index (χ1v) is 5.68. The molecule has 2 rings (SSSR count). The molecule has 1 unspecified atom stereocenters. The molecular formula is C13H18N2O. The molecule has 1 aromatic rings. The van der Waals surface area contributed by atoms with Crippen LogP contribution in [0, 0.1) is 6.92 Å². The average molecular weight is 218 g/mol. The number of amides is 1. The van der Waals surface area contributed by atoms with Crippen molar-refractivity contribution in [3.05, 3.63) is 35.4 Å². The first-order chi connectivity index (χ1) is 7.59. The normalized spacial score (nSPS) is 16.9. The zero-order valence-corrected chi connectivity index (χ0v) is 9.81. The van der Waals surface area contributed by atoms with Crippen molar-refractivity contribution < 1.29 is 4.79 Å². The summed E-state index contributed by atoms with van der Waals surface area (Å²) in [4.78, 5) is 13.8. The lowest BCUT2D eigenvalue weighted by molar-refractivity contribution is -0.131. The summed E-state index contributed by atoms with van der Waals surface area (Å²) in [6, 6.07) is 7.73. The molecule has 0 saturated heterocycles. The molecule has 1 aliphatic rings. The van der Waals surface area contributed by atoms with Gasteiger partial charge in [0.2, 0.25) is 5.91 Å². The molecule has 3 nitrogen and oxygen atoms in total. The van der Waals surface area contributed by atoms with Gasteiger partial charge in [0.25, 0.3) is 0 Å². The summed E-state index contributed by atoms with van der Waals surface area (Å²) in [5, 5.41) is 0. The van der Waals surface area contributed by atoms with E-state index in [4.69, 9.17) is 5.73 Å². The van der Waals surface area contributed by atoms with Gasteiger partial charge in [-0.15, -0.1) is 0 Å². The lowest BCUT2D eigenvalue weighted by Gasteiger charge is -2.21. The highest BCUT2D eigenvalue weighted by Crippen LogP contribution is 2.27. The fourth-order valence-corrected chi connectivity index (χ4v) is 1.78. The van der Waals surface area contributed by atoms with Gasteiger partial charge in [0.05, 0.1) is 0 Å². The monoisotopic (exact) mass is 218 g/mol. The molecule has 1 saturated carbocycles. The molecule has 0 heterocycles. The van der Waals surface area contributed by atoms with Crippen molar-refractivity contribution in [2.75, 3.05) is 7.05 Å². The standard InChI is InChI=1S/C13H18N2O/c1-9-3-5-10(6-4-9)12(14)13(16)15(2)11-7-8-11/h3-6,11-12H,7-8,14H2,1-2H3. The van der Waals surface area contributed by atoms with Crippen LogP contribution in [0.3, 0.4) is 0 Å². The fourth-order valence-electron chi connectivity index (χ4n) is 1.78. The van der Waals surface area contributed by atoms with E-state index in [1.54, 1.807) is 4.90 Å². The highest BCUT2D eigenvalue weighted by atomic mass is 16.2. The van der Waals surface area contributed by atoms with Crippen LogP contribution in [0.2, 0.25) is 0 Å². The number of nitrogens with zero attached hydrogens (tertiary/aromatic N) is 1. The van der Waals surface area contributed by atoms with Gasteiger partial charge in [-0.3, -0.25) is 4.79 Å². The van der Waals surface area contributed by atoms with Crippen LogP contribution in [0.15, 0.2) is 24.3 Å². The Morgan fingerprint density at radius 2 is 1.94 bits per heavy atom. The molecule has 0 bridgehead atoms. The van der Waals surface area contributed by atoms with Crippen LogP contribution in [0.5, 0.6) is 0 Å². The Bertz CT molecular complexity index is 381. The molecule has 1 atom stereocenters. The zero-order valence-electron chi connectivity index (χ0n) is 9.81. The Morgan fingerprint density at radius 1 is 1.38 bits per heavy atom. The first kappa shape index (κ1) is 11.1. The number of hydrogen-bond acceptors (Lipinski definition) is 2. The van der Waals surface area contributed by atoms with Crippen molar-refractivity contribution in [3.63, 3.8) is 0 Å². The minimum absolute atomic E-state index is 0.0198. The Balaban J connectivity index is 2.08. The first-order valence-electron chi connectivity index (χ1n) is 5.68. The van der Waals surface area contributed by atoms with Crippen molar-refractivity contribution in [1.82, 2.24) is 4.90 Å². The number of rotatable bonds is 3. The summed E-state index contributed by atoms with van der Waals surface area (Å²) in [7, 11) is 1.84. The Morgan fingerprint density at radius 3 is 2.44 bits per heavy atom. The molecule has 0 spiro atoms. The minimum Gasteiger partial charge on any atom is -0.341 e. The Labute approximate surface area is 96.2 Å². The van der Waals surface area contributed by atoms with Gasteiger partial charge in [-0.25, -0.2) is 0 Å². The zero-order chi connectivity index (χ0) is 11.7. The number of hydrogen-bond donors (Lipinski definition) is 1. The molecule has 1 amide bonds. The van der Waals surface area contributed by atoms with Crippen molar-refractivity contribution in [3.8, 4) is 0 Å². The predicted octanol–water partition coefficient (Wildman–Crippen LogP) is 1.62. The van der Waals surface area contributed by atoms with E-state index in [9.17, 15) is 4.79 Å². The van der Waals surface area contributed by atoms with E-state index >= 15 is 0 Å². The molecule has 1 aromatic carbocycles. The summed E-state index contributed by atoms with van der Waals surface area (Å²) in [6.07, 6.45) is 2.23. The maximum Gasteiger partial charge on any atom is 0.244 e. The van der Waals surface area contributed by atoms with Gasteiger partial charge < -0.3 is 10.6 Å². The molecule has 0 aliphatic heterocycles. The number of nitrogens with two attached hydrogens (primary N) is 1. The number of carbonyl (C=O) groups excluding carboxylic acids is 1. The van der Waals surface area contributed by atoms with Crippen LogP contribution >= 0.6 is 0 Å². The molecular weight excluding hydrogens is 200 g/mol. The van der Waals surface area contributed by atoms with E-state index in [0.717, 1.165) is 18.4 Å². The fraction of sp³-hybridized carbons (Fsp3) is 0.462. The smallest absolute Gasteiger partial charge is 0.244 e. The van der Waals surface area contributed by atoms with Gasteiger partial charge in [0.1, 0.15) is 6.04 Å². The second-order valence-corrected chi connectivity index (χ2v) is 4.57. The van der Waals surface area contributed by atoms with E-state index in [2.05, 4.69) is 0 Å². The average Bonchev–Trinajstić information content (AvgIpc) is 3.11. The van der Waals surface area contributed by atoms with Gasteiger partial charge in [-0.2, -0.15) is 0 Å². The van der Waals surface area contributed by atoms with Crippen molar-refractivity contribution >= 4 is 5.91 Å². The molecule has 0 radical (unpaired) electrons. The third-order valence-electron chi connectivity index (χ3n) is 3.14. The third-order valence-corrected chi connectivity index (χ3v) is 3.14. The SMILES string of the molecule is Cc1ccc(C(N)C(=O)N(C)C2CC2)cc1. The third kappa shape index (κ3) is 2.25.